The first-order chi connectivity index (χ1) is 12.7. The summed E-state index contributed by atoms with van der Waals surface area (Å²) in [4.78, 5) is 18.9. The zero-order valence-corrected chi connectivity index (χ0v) is 17.8. The molecule has 0 aliphatic carbocycles. The lowest BCUT2D eigenvalue weighted by atomic mass is 10.1. The molecule has 2 aliphatic heterocycles. The Kier molecular flexibility index (Phi) is 6.21. The van der Waals surface area contributed by atoms with Crippen LogP contribution in [0.15, 0.2) is 18.2 Å². The fourth-order valence-corrected chi connectivity index (χ4v) is 3.94. The molecule has 2 saturated heterocycles. The van der Waals surface area contributed by atoms with Crippen LogP contribution in [-0.2, 0) is 11.3 Å². The molecule has 1 aromatic carbocycles. The van der Waals surface area contributed by atoms with Gasteiger partial charge in [-0.05, 0) is 50.8 Å². The minimum Gasteiger partial charge on any atom is -0.444 e. The van der Waals surface area contributed by atoms with Crippen LogP contribution in [-0.4, -0.2) is 60.8 Å². The van der Waals surface area contributed by atoms with E-state index in [0.717, 1.165) is 43.7 Å². The van der Waals surface area contributed by atoms with E-state index >= 15 is 0 Å². The van der Waals surface area contributed by atoms with E-state index in [1.165, 1.54) is 17.7 Å². The van der Waals surface area contributed by atoms with E-state index in [-0.39, 0.29) is 6.09 Å². The smallest absolute Gasteiger partial charge is 0.410 e. The monoisotopic (exact) mass is 393 g/mol. The molecular formula is C21H32ClN3O2. The lowest BCUT2D eigenvalue weighted by Crippen LogP contribution is -2.49. The first-order valence-electron chi connectivity index (χ1n) is 9.95. The van der Waals surface area contributed by atoms with Gasteiger partial charge >= 0.3 is 6.09 Å². The van der Waals surface area contributed by atoms with Crippen molar-refractivity contribution in [3.63, 3.8) is 0 Å². The molecule has 0 bridgehead atoms. The standard InChI is InChI=1S/C21H32ClN3O2/c1-16-7-8-25(14-16)19-13-18(22)6-5-17(19)15-23-9-11-24(12-10-23)20(26)27-21(2,3)4/h5-6,13,16H,7-12,14-15H2,1-4H3. The van der Waals surface area contributed by atoms with Gasteiger partial charge in [0.15, 0.2) is 0 Å². The minimum absolute atomic E-state index is 0.208. The molecule has 1 atom stereocenters. The third-order valence-electron chi connectivity index (χ3n) is 5.23. The summed E-state index contributed by atoms with van der Waals surface area (Å²) < 4.78 is 5.49. The summed E-state index contributed by atoms with van der Waals surface area (Å²) in [5.41, 5.74) is 2.14. The Morgan fingerprint density at radius 2 is 1.89 bits per heavy atom. The number of amides is 1. The molecule has 6 heteroatoms. The van der Waals surface area contributed by atoms with Crippen molar-refractivity contribution < 1.29 is 9.53 Å². The molecule has 0 aromatic heterocycles. The Hall–Kier alpha value is -1.46. The summed E-state index contributed by atoms with van der Waals surface area (Å²) in [6.45, 7) is 14.2. The van der Waals surface area contributed by atoms with Crippen LogP contribution in [0.4, 0.5) is 10.5 Å². The van der Waals surface area contributed by atoms with Gasteiger partial charge in [0.25, 0.3) is 0 Å². The van der Waals surface area contributed by atoms with E-state index in [0.29, 0.717) is 13.1 Å². The van der Waals surface area contributed by atoms with Gasteiger partial charge in [0.2, 0.25) is 0 Å². The van der Waals surface area contributed by atoms with Crippen LogP contribution in [0.1, 0.15) is 39.7 Å². The Bertz CT molecular complexity index is 666. The molecule has 0 spiro atoms. The van der Waals surface area contributed by atoms with Gasteiger partial charge in [0.1, 0.15) is 5.60 Å². The second-order valence-electron chi connectivity index (χ2n) is 8.86. The number of hydrogen-bond donors (Lipinski definition) is 0. The molecule has 2 aliphatic rings. The van der Waals surface area contributed by atoms with Crippen LogP contribution >= 0.6 is 11.6 Å². The van der Waals surface area contributed by atoms with Gasteiger partial charge in [-0.15, -0.1) is 0 Å². The lowest BCUT2D eigenvalue weighted by Gasteiger charge is -2.36. The van der Waals surface area contributed by atoms with Crippen LogP contribution in [0.5, 0.6) is 0 Å². The first-order valence-corrected chi connectivity index (χ1v) is 10.3. The van der Waals surface area contributed by atoms with Crippen molar-refractivity contribution in [1.82, 2.24) is 9.80 Å². The van der Waals surface area contributed by atoms with Crippen molar-refractivity contribution in [1.29, 1.82) is 0 Å². The number of benzene rings is 1. The molecule has 3 rings (SSSR count). The maximum Gasteiger partial charge on any atom is 0.410 e. The molecule has 2 fully saturated rings. The summed E-state index contributed by atoms with van der Waals surface area (Å²) in [5.74, 6) is 0.731. The topological polar surface area (TPSA) is 36.0 Å². The molecule has 0 radical (unpaired) electrons. The van der Waals surface area contributed by atoms with Crippen molar-refractivity contribution in [3.8, 4) is 0 Å². The van der Waals surface area contributed by atoms with Gasteiger partial charge in [0.05, 0.1) is 0 Å². The predicted octanol–water partition coefficient (Wildman–Crippen LogP) is 4.24. The average molecular weight is 394 g/mol. The lowest BCUT2D eigenvalue weighted by molar-refractivity contribution is 0.0139. The first kappa shape index (κ1) is 20.3. The van der Waals surface area contributed by atoms with Crippen LogP contribution in [0.25, 0.3) is 0 Å². The summed E-state index contributed by atoms with van der Waals surface area (Å²) in [5, 5.41) is 0.794. The van der Waals surface area contributed by atoms with Crippen molar-refractivity contribution in [2.24, 2.45) is 5.92 Å². The minimum atomic E-state index is -0.445. The number of carbonyl (C=O) groups excluding carboxylic acids is 1. The number of rotatable bonds is 3. The molecule has 1 unspecified atom stereocenters. The van der Waals surface area contributed by atoms with Crippen LogP contribution in [0.2, 0.25) is 5.02 Å². The van der Waals surface area contributed by atoms with Gasteiger partial charge in [-0.1, -0.05) is 24.6 Å². The average Bonchev–Trinajstić information content (AvgIpc) is 3.02. The second-order valence-corrected chi connectivity index (χ2v) is 9.29. The highest BCUT2D eigenvalue weighted by Gasteiger charge is 2.27. The Morgan fingerprint density at radius 1 is 1.19 bits per heavy atom. The predicted molar refractivity (Wildman–Crippen MR) is 111 cm³/mol. The van der Waals surface area contributed by atoms with Crippen LogP contribution in [0.3, 0.4) is 0 Å². The van der Waals surface area contributed by atoms with Gasteiger partial charge in [-0.2, -0.15) is 0 Å². The van der Waals surface area contributed by atoms with E-state index in [9.17, 15) is 4.79 Å². The molecule has 0 N–H and O–H groups in total. The highest BCUT2D eigenvalue weighted by atomic mass is 35.5. The van der Waals surface area contributed by atoms with Gasteiger partial charge < -0.3 is 14.5 Å². The van der Waals surface area contributed by atoms with E-state index in [1.54, 1.807) is 0 Å². The zero-order chi connectivity index (χ0) is 19.6. The third-order valence-corrected chi connectivity index (χ3v) is 5.46. The summed E-state index contributed by atoms with van der Waals surface area (Å²) >= 11 is 6.28. The van der Waals surface area contributed by atoms with E-state index < -0.39 is 5.60 Å². The van der Waals surface area contributed by atoms with Crippen LogP contribution in [0, 0.1) is 5.92 Å². The van der Waals surface area contributed by atoms with E-state index in [1.807, 2.05) is 31.7 Å². The molecular weight excluding hydrogens is 362 g/mol. The van der Waals surface area contributed by atoms with E-state index in [4.69, 9.17) is 16.3 Å². The van der Waals surface area contributed by atoms with E-state index in [2.05, 4.69) is 28.9 Å². The molecule has 2 heterocycles. The van der Waals surface area contributed by atoms with Crippen molar-refractivity contribution >= 4 is 23.4 Å². The molecule has 1 aromatic rings. The SMILES string of the molecule is CC1CCN(c2cc(Cl)ccc2CN2CCN(C(=O)OC(C)(C)C)CC2)C1. The fourth-order valence-electron chi connectivity index (χ4n) is 3.77. The number of hydrogen-bond acceptors (Lipinski definition) is 4. The van der Waals surface area contributed by atoms with Gasteiger partial charge in [0, 0.05) is 56.5 Å². The molecule has 150 valence electrons. The normalized spacial score (nSPS) is 21.6. The van der Waals surface area contributed by atoms with Crippen molar-refractivity contribution in [3.05, 3.63) is 28.8 Å². The van der Waals surface area contributed by atoms with Gasteiger partial charge in [-0.25, -0.2) is 4.79 Å². The van der Waals surface area contributed by atoms with Crippen molar-refractivity contribution in [2.45, 2.75) is 46.3 Å². The van der Waals surface area contributed by atoms with Gasteiger partial charge in [-0.3, -0.25) is 4.90 Å². The Morgan fingerprint density at radius 3 is 2.48 bits per heavy atom. The second kappa shape index (κ2) is 8.27. The number of nitrogens with zero attached hydrogens (tertiary/aromatic N) is 3. The highest BCUT2D eigenvalue weighted by molar-refractivity contribution is 6.30. The molecule has 5 nitrogen and oxygen atoms in total. The zero-order valence-electron chi connectivity index (χ0n) is 17.0. The van der Waals surface area contributed by atoms with Crippen molar-refractivity contribution in [2.75, 3.05) is 44.2 Å². The molecule has 0 saturated carbocycles. The van der Waals surface area contributed by atoms with Crippen LogP contribution < -0.4 is 4.90 Å². The Balaban J connectivity index is 1.60. The number of ether oxygens (including phenoxy) is 1. The Labute approximate surface area is 168 Å². The quantitative estimate of drug-likeness (QED) is 0.769. The number of carbonyl (C=O) groups is 1. The third kappa shape index (κ3) is 5.52. The number of halogens is 1. The maximum atomic E-state index is 12.2. The highest BCUT2D eigenvalue weighted by Crippen LogP contribution is 2.30. The molecule has 1 amide bonds. The summed E-state index contributed by atoms with van der Waals surface area (Å²) in [7, 11) is 0. The number of anilines is 1. The maximum absolute atomic E-state index is 12.2. The molecule has 27 heavy (non-hydrogen) atoms. The number of piperazine rings is 1. The summed E-state index contributed by atoms with van der Waals surface area (Å²) in [6, 6.07) is 6.24. The fraction of sp³-hybridized carbons (Fsp3) is 0.667. The largest absolute Gasteiger partial charge is 0.444 e. The summed E-state index contributed by atoms with van der Waals surface area (Å²) in [6.07, 6.45) is 1.03.